The van der Waals surface area contributed by atoms with Gasteiger partial charge in [0.1, 0.15) is 6.61 Å². The van der Waals surface area contributed by atoms with Gasteiger partial charge in [-0.2, -0.15) is 0 Å². The van der Waals surface area contributed by atoms with Gasteiger partial charge in [0, 0.05) is 11.6 Å². The summed E-state index contributed by atoms with van der Waals surface area (Å²) in [5.74, 6) is 0.0223. The number of hydrogen-bond donors (Lipinski definition) is 2. The fourth-order valence-corrected chi connectivity index (χ4v) is 4.14. The van der Waals surface area contributed by atoms with E-state index in [0.29, 0.717) is 0 Å². The van der Waals surface area contributed by atoms with Crippen molar-refractivity contribution in [3.05, 3.63) is 89.0 Å². The molecule has 146 valence electrons. The molecule has 0 aliphatic heterocycles. The second-order valence-electron chi connectivity index (χ2n) is 7.28. The summed E-state index contributed by atoms with van der Waals surface area (Å²) < 4.78 is 5.52. The summed E-state index contributed by atoms with van der Waals surface area (Å²) in [5, 5.41) is 5.85. The Morgan fingerprint density at radius 1 is 0.931 bits per heavy atom. The van der Waals surface area contributed by atoms with Crippen molar-refractivity contribution < 1.29 is 9.53 Å². The van der Waals surface area contributed by atoms with Crippen LogP contribution in [0.25, 0.3) is 11.1 Å². The number of nitrogens with one attached hydrogen (secondary N) is 2. The van der Waals surface area contributed by atoms with E-state index in [0.717, 1.165) is 16.8 Å². The van der Waals surface area contributed by atoms with Crippen molar-refractivity contribution in [3.63, 3.8) is 0 Å². The highest BCUT2D eigenvalue weighted by atomic mass is 32.1. The van der Waals surface area contributed by atoms with Gasteiger partial charge in [-0.05, 0) is 71.6 Å². The van der Waals surface area contributed by atoms with Gasteiger partial charge in [-0.25, -0.2) is 4.79 Å². The predicted octanol–water partition coefficient (Wildman–Crippen LogP) is 5.54. The molecule has 1 aliphatic rings. The SMILES string of the molecule is Cc1cc(C)cc(NC(=S)NC(=O)OCC2c3ccccc3-c3ccccc32)c1. The molecule has 3 aromatic carbocycles. The molecule has 0 spiro atoms. The molecule has 4 nitrogen and oxygen atoms in total. The third kappa shape index (κ3) is 4.15. The molecule has 2 N–H and O–H groups in total. The summed E-state index contributed by atoms with van der Waals surface area (Å²) in [6.07, 6.45) is -0.561. The van der Waals surface area contributed by atoms with E-state index in [2.05, 4.69) is 41.0 Å². The van der Waals surface area contributed by atoms with Crippen LogP contribution in [0.1, 0.15) is 28.2 Å². The van der Waals surface area contributed by atoms with Crippen LogP contribution in [0.4, 0.5) is 10.5 Å². The zero-order valence-electron chi connectivity index (χ0n) is 16.4. The van der Waals surface area contributed by atoms with Crippen LogP contribution in [-0.4, -0.2) is 17.8 Å². The molecule has 0 bridgehead atoms. The second-order valence-corrected chi connectivity index (χ2v) is 7.69. The third-order valence-electron chi connectivity index (χ3n) is 5.04. The Balaban J connectivity index is 1.39. The number of alkyl carbamates (subject to hydrolysis) is 1. The highest BCUT2D eigenvalue weighted by molar-refractivity contribution is 7.80. The quantitative estimate of drug-likeness (QED) is 0.565. The molecule has 0 fully saturated rings. The summed E-state index contributed by atoms with van der Waals surface area (Å²) in [6.45, 7) is 4.28. The van der Waals surface area contributed by atoms with Gasteiger partial charge in [-0.3, -0.25) is 5.32 Å². The minimum absolute atomic E-state index is 0.0223. The lowest BCUT2D eigenvalue weighted by molar-refractivity contribution is 0.148. The molecule has 3 aromatic rings. The van der Waals surface area contributed by atoms with Gasteiger partial charge in [-0.15, -0.1) is 0 Å². The number of hydrogen-bond acceptors (Lipinski definition) is 3. The van der Waals surface area contributed by atoms with Crippen molar-refractivity contribution in [2.45, 2.75) is 19.8 Å². The molecule has 4 rings (SSSR count). The standard InChI is InChI=1S/C24H22N2O2S/c1-15-11-16(2)13-17(12-15)25-23(29)26-24(27)28-14-22-20-9-5-3-7-18(20)19-8-4-6-10-21(19)22/h3-13,22H,14H2,1-2H3,(H2,25,26,27,29). The zero-order valence-corrected chi connectivity index (χ0v) is 17.2. The number of amides is 1. The Morgan fingerprint density at radius 2 is 1.48 bits per heavy atom. The monoisotopic (exact) mass is 402 g/mol. The van der Waals surface area contributed by atoms with E-state index in [1.54, 1.807) is 0 Å². The van der Waals surface area contributed by atoms with E-state index >= 15 is 0 Å². The molecular formula is C24H22N2O2S. The van der Waals surface area contributed by atoms with Gasteiger partial charge in [0.05, 0.1) is 0 Å². The lowest BCUT2D eigenvalue weighted by Crippen LogP contribution is -2.35. The van der Waals surface area contributed by atoms with Crippen LogP contribution < -0.4 is 10.6 Å². The molecule has 0 radical (unpaired) electrons. The first-order valence-electron chi connectivity index (χ1n) is 9.52. The van der Waals surface area contributed by atoms with Crippen LogP contribution in [0, 0.1) is 13.8 Å². The lowest BCUT2D eigenvalue weighted by atomic mass is 9.98. The zero-order chi connectivity index (χ0) is 20.4. The van der Waals surface area contributed by atoms with Crippen molar-refractivity contribution in [1.29, 1.82) is 0 Å². The number of anilines is 1. The highest BCUT2D eigenvalue weighted by Crippen LogP contribution is 2.44. The van der Waals surface area contributed by atoms with E-state index in [1.807, 2.05) is 50.2 Å². The maximum absolute atomic E-state index is 12.3. The molecule has 0 aromatic heterocycles. The molecule has 0 saturated heterocycles. The maximum atomic E-state index is 12.3. The molecular weight excluding hydrogens is 380 g/mol. The summed E-state index contributed by atoms with van der Waals surface area (Å²) in [6, 6.07) is 22.5. The Morgan fingerprint density at radius 3 is 2.07 bits per heavy atom. The number of benzene rings is 3. The number of thiocarbonyl (C=S) groups is 1. The normalized spacial score (nSPS) is 12.1. The molecule has 1 aliphatic carbocycles. The first kappa shape index (κ1) is 19.2. The van der Waals surface area contributed by atoms with E-state index in [4.69, 9.17) is 17.0 Å². The first-order chi connectivity index (χ1) is 14.0. The minimum Gasteiger partial charge on any atom is -0.448 e. The molecule has 0 atom stereocenters. The number of carbonyl (C=O) groups is 1. The van der Waals surface area contributed by atoms with Crippen LogP contribution in [-0.2, 0) is 4.74 Å². The van der Waals surface area contributed by atoms with Crippen LogP contribution >= 0.6 is 12.2 Å². The molecule has 5 heteroatoms. The van der Waals surface area contributed by atoms with Crippen LogP contribution in [0.3, 0.4) is 0 Å². The molecule has 0 unspecified atom stereocenters. The number of carbonyl (C=O) groups excluding carboxylic acids is 1. The van der Waals surface area contributed by atoms with Gasteiger partial charge in [0.15, 0.2) is 5.11 Å². The first-order valence-corrected chi connectivity index (χ1v) is 9.93. The van der Waals surface area contributed by atoms with Crippen molar-refractivity contribution >= 4 is 29.1 Å². The third-order valence-corrected chi connectivity index (χ3v) is 5.24. The molecule has 1 amide bonds. The Kier molecular flexibility index (Phi) is 5.32. The summed E-state index contributed by atoms with van der Waals surface area (Å²) in [5.41, 5.74) is 7.84. The second kappa shape index (κ2) is 8.05. The molecule has 29 heavy (non-hydrogen) atoms. The van der Waals surface area contributed by atoms with E-state index in [-0.39, 0.29) is 17.6 Å². The average Bonchev–Trinajstić information content (AvgIpc) is 2.99. The van der Waals surface area contributed by atoms with E-state index in [1.165, 1.54) is 22.3 Å². The number of rotatable bonds is 3. The maximum Gasteiger partial charge on any atom is 0.413 e. The molecule has 0 heterocycles. The van der Waals surface area contributed by atoms with E-state index in [9.17, 15) is 4.79 Å². The van der Waals surface area contributed by atoms with Crippen LogP contribution in [0.5, 0.6) is 0 Å². The van der Waals surface area contributed by atoms with Gasteiger partial charge >= 0.3 is 6.09 Å². The smallest absolute Gasteiger partial charge is 0.413 e. The lowest BCUT2D eigenvalue weighted by Gasteiger charge is -2.15. The van der Waals surface area contributed by atoms with E-state index < -0.39 is 6.09 Å². The Bertz CT molecular complexity index is 1030. The van der Waals surface area contributed by atoms with Crippen LogP contribution in [0.2, 0.25) is 0 Å². The fraction of sp³-hybridized carbons (Fsp3) is 0.167. The summed E-state index contributed by atoms with van der Waals surface area (Å²) in [7, 11) is 0. The van der Waals surface area contributed by atoms with Crippen LogP contribution in [0.15, 0.2) is 66.7 Å². The van der Waals surface area contributed by atoms with Crippen molar-refractivity contribution in [2.75, 3.05) is 11.9 Å². The molecule has 0 saturated carbocycles. The predicted molar refractivity (Wildman–Crippen MR) is 120 cm³/mol. The minimum atomic E-state index is -0.561. The van der Waals surface area contributed by atoms with Gasteiger partial charge < -0.3 is 10.1 Å². The number of fused-ring (bicyclic) bond motifs is 3. The Hall–Kier alpha value is -3.18. The average molecular weight is 403 g/mol. The van der Waals surface area contributed by atoms with Gasteiger partial charge in [0.25, 0.3) is 0 Å². The highest BCUT2D eigenvalue weighted by Gasteiger charge is 2.29. The summed E-state index contributed by atoms with van der Waals surface area (Å²) >= 11 is 5.25. The number of ether oxygens (including phenoxy) is 1. The van der Waals surface area contributed by atoms with Crippen molar-refractivity contribution in [3.8, 4) is 11.1 Å². The van der Waals surface area contributed by atoms with Gasteiger partial charge in [-0.1, -0.05) is 54.6 Å². The van der Waals surface area contributed by atoms with Gasteiger partial charge in [0.2, 0.25) is 0 Å². The largest absolute Gasteiger partial charge is 0.448 e. The van der Waals surface area contributed by atoms with Crippen molar-refractivity contribution in [1.82, 2.24) is 5.32 Å². The topological polar surface area (TPSA) is 50.4 Å². The van der Waals surface area contributed by atoms with Crippen molar-refractivity contribution in [2.24, 2.45) is 0 Å². The Labute approximate surface area is 175 Å². The summed E-state index contributed by atoms with van der Waals surface area (Å²) in [4.78, 5) is 12.3. The fourth-order valence-electron chi connectivity index (χ4n) is 3.94. The number of aryl methyl sites for hydroxylation is 2.